The Morgan fingerprint density at radius 2 is 1.94 bits per heavy atom. The molecule has 1 saturated carbocycles. The Labute approximate surface area is 100 Å². The molecule has 3 unspecified atom stereocenters. The molecule has 1 aliphatic rings. The highest BCUT2D eigenvalue weighted by molar-refractivity contribution is 5.15. The zero-order chi connectivity index (χ0) is 11.4. The van der Waals surface area contributed by atoms with Crippen LogP contribution in [0.15, 0.2) is 30.3 Å². The van der Waals surface area contributed by atoms with Crippen molar-refractivity contribution in [2.24, 2.45) is 17.8 Å². The largest absolute Gasteiger partial charge is 0.0625 e. The lowest BCUT2D eigenvalue weighted by Crippen LogP contribution is -2.21. The van der Waals surface area contributed by atoms with Crippen LogP contribution in [0.2, 0.25) is 0 Å². The van der Waals surface area contributed by atoms with Crippen molar-refractivity contribution in [1.29, 1.82) is 0 Å². The monoisotopic (exact) mass is 215 g/mol. The van der Waals surface area contributed by atoms with Crippen LogP contribution in [0.1, 0.15) is 38.7 Å². The predicted octanol–water partition coefficient (Wildman–Crippen LogP) is 4.51. The minimum Gasteiger partial charge on any atom is -0.0625 e. The number of hydrogen-bond donors (Lipinski definition) is 0. The van der Waals surface area contributed by atoms with Crippen LogP contribution >= 0.6 is 0 Å². The maximum absolute atomic E-state index is 2.57. The first-order valence-corrected chi connectivity index (χ1v) is 6.63. The zero-order valence-electron chi connectivity index (χ0n) is 10.5. The molecule has 16 heavy (non-hydrogen) atoms. The standard InChI is InChI=1S/C16H23/c1-13-8-10-16(11-9-13)14(2)12-15-6-4-3-5-7-15/h3-7,10,13-14,16H,8-9,11-12H2,1-2H3. The van der Waals surface area contributed by atoms with Crippen LogP contribution < -0.4 is 0 Å². The predicted molar refractivity (Wildman–Crippen MR) is 70.1 cm³/mol. The van der Waals surface area contributed by atoms with Gasteiger partial charge in [-0.25, -0.2) is 0 Å². The molecular formula is C16H23. The van der Waals surface area contributed by atoms with Crippen molar-refractivity contribution in [3.63, 3.8) is 0 Å². The summed E-state index contributed by atoms with van der Waals surface area (Å²) in [6.07, 6.45) is 7.94. The molecule has 2 rings (SSSR count). The Morgan fingerprint density at radius 3 is 2.56 bits per heavy atom. The summed E-state index contributed by atoms with van der Waals surface area (Å²) in [7, 11) is 0. The summed E-state index contributed by atoms with van der Waals surface area (Å²) >= 11 is 0. The Morgan fingerprint density at radius 1 is 1.19 bits per heavy atom. The van der Waals surface area contributed by atoms with Crippen molar-refractivity contribution in [2.75, 3.05) is 0 Å². The van der Waals surface area contributed by atoms with Crippen molar-refractivity contribution in [2.45, 2.75) is 39.5 Å². The number of hydrogen-bond acceptors (Lipinski definition) is 0. The van der Waals surface area contributed by atoms with Gasteiger partial charge in [-0.1, -0.05) is 50.6 Å². The Bertz CT molecular complexity index is 293. The van der Waals surface area contributed by atoms with Crippen molar-refractivity contribution < 1.29 is 0 Å². The van der Waals surface area contributed by atoms with Gasteiger partial charge in [0, 0.05) is 0 Å². The van der Waals surface area contributed by atoms with E-state index < -0.39 is 0 Å². The van der Waals surface area contributed by atoms with Crippen LogP contribution in [0.4, 0.5) is 0 Å². The minimum atomic E-state index is 0.801. The van der Waals surface area contributed by atoms with Crippen LogP contribution in [0, 0.1) is 24.2 Å². The van der Waals surface area contributed by atoms with Gasteiger partial charge in [-0.3, -0.25) is 0 Å². The van der Waals surface area contributed by atoms with E-state index in [9.17, 15) is 0 Å². The van der Waals surface area contributed by atoms with Crippen LogP contribution in [0.5, 0.6) is 0 Å². The highest BCUT2D eigenvalue weighted by Crippen LogP contribution is 2.33. The Kier molecular flexibility index (Phi) is 4.04. The molecule has 0 nitrogen and oxygen atoms in total. The average Bonchev–Trinajstić information content (AvgIpc) is 2.31. The fourth-order valence-corrected chi connectivity index (χ4v) is 2.77. The molecule has 1 radical (unpaired) electrons. The lowest BCUT2D eigenvalue weighted by atomic mass is 9.75. The van der Waals surface area contributed by atoms with Gasteiger partial charge in [-0.2, -0.15) is 0 Å². The summed E-state index contributed by atoms with van der Waals surface area (Å²) in [5.41, 5.74) is 1.49. The van der Waals surface area contributed by atoms with Crippen LogP contribution in [-0.2, 0) is 6.42 Å². The second-order valence-electron chi connectivity index (χ2n) is 5.48. The number of rotatable bonds is 3. The number of benzene rings is 1. The average molecular weight is 215 g/mol. The van der Waals surface area contributed by atoms with E-state index in [2.05, 4.69) is 50.6 Å². The van der Waals surface area contributed by atoms with E-state index in [4.69, 9.17) is 0 Å². The summed E-state index contributed by atoms with van der Waals surface area (Å²) in [5.74, 6) is 2.56. The molecule has 1 aliphatic carbocycles. The second-order valence-corrected chi connectivity index (χ2v) is 5.48. The van der Waals surface area contributed by atoms with Crippen molar-refractivity contribution in [1.82, 2.24) is 0 Å². The van der Waals surface area contributed by atoms with Gasteiger partial charge in [-0.15, -0.1) is 0 Å². The molecule has 0 aliphatic heterocycles. The van der Waals surface area contributed by atoms with Gasteiger partial charge in [0.1, 0.15) is 0 Å². The van der Waals surface area contributed by atoms with Crippen molar-refractivity contribution in [3.8, 4) is 0 Å². The topological polar surface area (TPSA) is 0 Å². The third kappa shape index (κ3) is 3.10. The highest BCUT2D eigenvalue weighted by atomic mass is 14.3. The molecule has 0 aromatic heterocycles. The first-order chi connectivity index (χ1) is 7.75. The summed E-state index contributed by atoms with van der Waals surface area (Å²) in [4.78, 5) is 0. The van der Waals surface area contributed by atoms with E-state index in [1.54, 1.807) is 0 Å². The summed E-state index contributed by atoms with van der Waals surface area (Å²) in [6, 6.07) is 10.9. The molecule has 0 saturated heterocycles. The zero-order valence-corrected chi connectivity index (χ0v) is 10.5. The van der Waals surface area contributed by atoms with Gasteiger partial charge >= 0.3 is 0 Å². The smallest absolute Gasteiger partial charge is 0.0250 e. The first kappa shape index (κ1) is 11.7. The highest BCUT2D eigenvalue weighted by Gasteiger charge is 2.23. The maximum atomic E-state index is 2.57. The molecule has 87 valence electrons. The Balaban J connectivity index is 1.86. The van der Waals surface area contributed by atoms with Crippen LogP contribution in [0.3, 0.4) is 0 Å². The van der Waals surface area contributed by atoms with E-state index in [0.717, 1.165) is 17.8 Å². The first-order valence-electron chi connectivity index (χ1n) is 6.63. The molecule has 3 atom stereocenters. The molecule has 0 bridgehead atoms. The molecule has 1 aromatic carbocycles. The lowest BCUT2D eigenvalue weighted by Gasteiger charge is -2.30. The van der Waals surface area contributed by atoms with Crippen molar-refractivity contribution >= 4 is 0 Å². The van der Waals surface area contributed by atoms with E-state index in [-0.39, 0.29) is 0 Å². The Hall–Kier alpha value is -0.780. The molecule has 0 amide bonds. The van der Waals surface area contributed by atoms with Crippen LogP contribution in [-0.4, -0.2) is 0 Å². The van der Waals surface area contributed by atoms with Crippen LogP contribution in [0.25, 0.3) is 0 Å². The van der Waals surface area contributed by atoms with Gasteiger partial charge in [0.15, 0.2) is 0 Å². The van der Waals surface area contributed by atoms with Gasteiger partial charge in [0.25, 0.3) is 0 Å². The van der Waals surface area contributed by atoms with Gasteiger partial charge in [-0.05, 0) is 49.0 Å². The molecule has 0 spiro atoms. The molecule has 1 fully saturated rings. The van der Waals surface area contributed by atoms with E-state index in [0.29, 0.717) is 0 Å². The van der Waals surface area contributed by atoms with Gasteiger partial charge in [0.05, 0.1) is 0 Å². The summed E-state index contributed by atoms with van der Waals surface area (Å²) in [6.45, 7) is 4.78. The second kappa shape index (κ2) is 5.52. The molecule has 0 heteroatoms. The quantitative estimate of drug-likeness (QED) is 0.696. The fourth-order valence-electron chi connectivity index (χ4n) is 2.77. The fraction of sp³-hybridized carbons (Fsp3) is 0.562. The molecule has 0 heterocycles. The van der Waals surface area contributed by atoms with Gasteiger partial charge < -0.3 is 0 Å². The summed E-state index contributed by atoms with van der Waals surface area (Å²) in [5, 5.41) is 0. The van der Waals surface area contributed by atoms with E-state index >= 15 is 0 Å². The normalized spacial score (nSPS) is 27.6. The molecular weight excluding hydrogens is 192 g/mol. The van der Waals surface area contributed by atoms with E-state index in [1.165, 1.54) is 31.2 Å². The van der Waals surface area contributed by atoms with Gasteiger partial charge in [0.2, 0.25) is 0 Å². The molecule has 0 N–H and O–H groups in total. The summed E-state index contributed by atoms with van der Waals surface area (Å²) < 4.78 is 0. The van der Waals surface area contributed by atoms with E-state index in [1.807, 2.05) is 0 Å². The minimum absolute atomic E-state index is 0.801. The molecule has 1 aromatic rings. The SMILES string of the molecule is CC1C[CH]C(C(C)Cc2ccccc2)CC1. The lowest BCUT2D eigenvalue weighted by molar-refractivity contribution is 0.286. The third-order valence-electron chi connectivity index (χ3n) is 3.97. The third-order valence-corrected chi connectivity index (χ3v) is 3.97. The maximum Gasteiger partial charge on any atom is -0.0250 e. The van der Waals surface area contributed by atoms with Crippen molar-refractivity contribution in [3.05, 3.63) is 42.3 Å².